The first kappa shape index (κ1) is 19.3. The number of sulfonamides is 1. The lowest BCUT2D eigenvalue weighted by Crippen LogP contribution is -2.35. The second-order valence-corrected chi connectivity index (χ2v) is 10.6. The predicted molar refractivity (Wildman–Crippen MR) is 93.3 cm³/mol. The summed E-state index contributed by atoms with van der Waals surface area (Å²) in [5.74, 6) is -0.250. The van der Waals surface area contributed by atoms with Crippen LogP contribution in [-0.2, 0) is 26.7 Å². The molecule has 0 aliphatic rings. The minimum atomic E-state index is -3.93. The van der Waals surface area contributed by atoms with E-state index in [2.05, 4.69) is 0 Å². The molecule has 0 amide bonds. The van der Waals surface area contributed by atoms with Gasteiger partial charge in [0, 0.05) is 33.5 Å². The Morgan fingerprint density at radius 3 is 2.42 bits per heavy atom. The standard InChI is InChI=1S/C14H20N2O5S3/c1-11-16(8-4-5-9-23(17,18)19)13-7-6-12(10-14(13)22-11)24(20,21)15(2)3/h6-7,10H,4-5,8-9H2,1-3H3/p+1. The number of aromatic nitrogens is 1. The minimum absolute atomic E-state index is 0.250. The van der Waals surface area contributed by atoms with Crippen LogP contribution in [0.3, 0.4) is 0 Å². The molecular formula is C14H21N2O5S3+. The van der Waals surface area contributed by atoms with Crippen LogP contribution in [0.4, 0.5) is 0 Å². The quantitative estimate of drug-likeness (QED) is 0.436. The molecule has 0 radical (unpaired) electrons. The van der Waals surface area contributed by atoms with E-state index in [9.17, 15) is 16.8 Å². The molecule has 0 spiro atoms. The van der Waals surface area contributed by atoms with Crippen LogP contribution >= 0.6 is 11.3 Å². The molecule has 0 aliphatic heterocycles. The molecular weight excluding hydrogens is 372 g/mol. The Bertz CT molecular complexity index is 946. The van der Waals surface area contributed by atoms with Crippen molar-refractivity contribution in [1.82, 2.24) is 4.31 Å². The molecule has 2 rings (SSSR count). The van der Waals surface area contributed by atoms with Crippen LogP contribution in [0.1, 0.15) is 17.8 Å². The molecule has 1 aromatic heterocycles. The molecule has 7 nitrogen and oxygen atoms in total. The average Bonchev–Trinajstić information content (AvgIpc) is 2.77. The number of unbranched alkanes of at least 4 members (excludes halogenated alkanes) is 1. The highest BCUT2D eigenvalue weighted by molar-refractivity contribution is 7.89. The molecule has 0 saturated heterocycles. The van der Waals surface area contributed by atoms with E-state index in [1.54, 1.807) is 18.2 Å². The van der Waals surface area contributed by atoms with Gasteiger partial charge >= 0.3 is 0 Å². The molecule has 0 unspecified atom stereocenters. The molecule has 1 N–H and O–H groups in total. The van der Waals surface area contributed by atoms with E-state index in [1.807, 2.05) is 11.5 Å². The fourth-order valence-corrected chi connectivity index (χ4v) is 5.05. The normalized spacial score (nSPS) is 13.0. The SMILES string of the molecule is Cc1sc2cc(S(=O)(=O)N(C)C)ccc2[n+]1CCCCS(=O)(=O)O. The Hall–Kier alpha value is -1.07. The second kappa shape index (κ2) is 7.04. The van der Waals surface area contributed by atoms with Crippen molar-refractivity contribution in [2.24, 2.45) is 0 Å². The predicted octanol–water partition coefficient (Wildman–Crippen LogP) is 1.42. The van der Waals surface area contributed by atoms with Crippen LogP contribution < -0.4 is 4.57 Å². The molecule has 2 aromatic rings. The summed E-state index contributed by atoms with van der Waals surface area (Å²) in [5.41, 5.74) is 0.919. The van der Waals surface area contributed by atoms with E-state index in [0.717, 1.165) is 15.2 Å². The number of benzene rings is 1. The van der Waals surface area contributed by atoms with Crippen LogP contribution in [0, 0.1) is 6.92 Å². The zero-order valence-electron chi connectivity index (χ0n) is 13.8. The summed E-state index contributed by atoms with van der Waals surface area (Å²) in [4.78, 5) is 0.250. The van der Waals surface area contributed by atoms with Crippen LogP contribution in [-0.4, -0.2) is 45.5 Å². The fourth-order valence-electron chi connectivity index (χ4n) is 2.39. The highest BCUT2D eigenvalue weighted by Gasteiger charge is 2.22. The summed E-state index contributed by atoms with van der Waals surface area (Å²) < 4.78 is 58.8. The van der Waals surface area contributed by atoms with Crippen molar-refractivity contribution in [1.29, 1.82) is 0 Å². The molecule has 0 aliphatic carbocycles. The van der Waals surface area contributed by atoms with E-state index >= 15 is 0 Å². The highest BCUT2D eigenvalue weighted by atomic mass is 32.2. The highest BCUT2D eigenvalue weighted by Crippen LogP contribution is 2.24. The van der Waals surface area contributed by atoms with Gasteiger partial charge in [0.1, 0.15) is 11.2 Å². The maximum atomic E-state index is 12.2. The van der Waals surface area contributed by atoms with Gasteiger partial charge in [0.15, 0.2) is 0 Å². The largest absolute Gasteiger partial charge is 0.286 e. The van der Waals surface area contributed by atoms with Crippen LogP contribution in [0.25, 0.3) is 10.2 Å². The summed E-state index contributed by atoms with van der Waals surface area (Å²) in [7, 11) is -4.41. The van der Waals surface area contributed by atoms with Gasteiger partial charge in [-0.3, -0.25) is 4.55 Å². The maximum Gasteiger partial charge on any atom is 0.264 e. The van der Waals surface area contributed by atoms with Crippen molar-refractivity contribution in [2.45, 2.75) is 31.2 Å². The Kier molecular flexibility index (Phi) is 5.65. The third-order valence-corrected chi connectivity index (χ3v) is 7.35. The minimum Gasteiger partial charge on any atom is -0.286 e. The molecule has 1 aromatic carbocycles. The number of thiazole rings is 1. The van der Waals surface area contributed by atoms with Gasteiger partial charge in [0.25, 0.3) is 10.1 Å². The van der Waals surface area contributed by atoms with Crippen molar-refractivity contribution < 1.29 is 26.0 Å². The smallest absolute Gasteiger partial charge is 0.264 e. The first-order valence-electron chi connectivity index (χ1n) is 7.33. The number of nitrogens with zero attached hydrogens (tertiary/aromatic N) is 2. The van der Waals surface area contributed by atoms with Crippen molar-refractivity contribution in [3.63, 3.8) is 0 Å². The number of aryl methyl sites for hydroxylation is 2. The summed E-state index contributed by atoms with van der Waals surface area (Å²) in [6.45, 7) is 2.55. The zero-order valence-corrected chi connectivity index (χ0v) is 16.2. The zero-order chi connectivity index (χ0) is 18.1. The fraction of sp³-hybridized carbons (Fsp3) is 0.500. The van der Waals surface area contributed by atoms with Crippen molar-refractivity contribution in [2.75, 3.05) is 19.8 Å². The first-order valence-corrected chi connectivity index (χ1v) is 11.2. The van der Waals surface area contributed by atoms with Gasteiger partial charge in [-0.25, -0.2) is 12.7 Å². The molecule has 0 bridgehead atoms. The third kappa shape index (κ3) is 4.31. The van der Waals surface area contributed by atoms with Crippen LogP contribution in [0.5, 0.6) is 0 Å². The Balaban J connectivity index is 2.26. The molecule has 0 saturated carbocycles. The van der Waals surface area contributed by atoms with Gasteiger partial charge in [-0.2, -0.15) is 13.0 Å². The van der Waals surface area contributed by atoms with Crippen LogP contribution in [0.15, 0.2) is 23.1 Å². The summed E-state index contributed by atoms with van der Waals surface area (Å²) in [6, 6.07) is 5.02. The third-order valence-electron chi connectivity index (χ3n) is 3.67. The van der Waals surface area contributed by atoms with Crippen molar-refractivity contribution in [3.8, 4) is 0 Å². The number of hydrogen-bond acceptors (Lipinski definition) is 5. The number of rotatable bonds is 7. The summed E-state index contributed by atoms with van der Waals surface area (Å²) in [6.07, 6.45) is 0.977. The first-order chi connectivity index (χ1) is 11.0. The maximum absolute atomic E-state index is 12.2. The van der Waals surface area contributed by atoms with E-state index in [4.69, 9.17) is 4.55 Å². The van der Waals surface area contributed by atoms with Gasteiger partial charge in [0.05, 0.1) is 10.6 Å². The second-order valence-electron chi connectivity index (χ2n) is 5.68. The van der Waals surface area contributed by atoms with Gasteiger partial charge in [-0.15, -0.1) is 0 Å². The Morgan fingerprint density at radius 1 is 1.17 bits per heavy atom. The number of fused-ring (bicyclic) bond motifs is 1. The lowest BCUT2D eigenvalue weighted by atomic mass is 10.3. The Morgan fingerprint density at radius 2 is 1.83 bits per heavy atom. The monoisotopic (exact) mass is 393 g/mol. The summed E-state index contributed by atoms with van der Waals surface area (Å²) >= 11 is 1.50. The molecule has 10 heteroatoms. The topological polar surface area (TPSA) is 95.6 Å². The molecule has 134 valence electrons. The lowest BCUT2D eigenvalue weighted by molar-refractivity contribution is -0.673. The Labute approximate surface area is 146 Å². The van der Waals surface area contributed by atoms with Gasteiger partial charge in [0.2, 0.25) is 20.5 Å². The van der Waals surface area contributed by atoms with E-state index in [0.29, 0.717) is 19.4 Å². The van der Waals surface area contributed by atoms with Gasteiger partial charge in [-0.1, -0.05) is 11.3 Å². The average molecular weight is 394 g/mol. The van der Waals surface area contributed by atoms with E-state index < -0.39 is 20.1 Å². The molecule has 0 fully saturated rings. The summed E-state index contributed by atoms with van der Waals surface area (Å²) in [5, 5.41) is 1.01. The van der Waals surface area contributed by atoms with Gasteiger partial charge < -0.3 is 0 Å². The number of hydrogen-bond donors (Lipinski definition) is 1. The van der Waals surface area contributed by atoms with E-state index in [-0.39, 0.29) is 10.6 Å². The van der Waals surface area contributed by atoms with E-state index in [1.165, 1.54) is 29.7 Å². The van der Waals surface area contributed by atoms with Crippen molar-refractivity contribution >= 4 is 41.7 Å². The molecule has 0 atom stereocenters. The van der Waals surface area contributed by atoms with Crippen molar-refractivity contribution in [3.05, 3.63) is 23.2 Å². The van der Waals surface area contributed by atoms with Crippen LogP contribution in [0.2, 0.25) is 0 Å². The molecule has 1 heterocycles. The lowest BCUT2D eigenvalue weighted by Gasteiger charge is -2.10. The van der Waals surface area contributed by atoms with Gasteiger partial charge in [-0.05, 0) is 18.6 Å². The molecule has 24 heavy (non-hydrogen) atoms.